The van der Waals surface area contributed by atoms with Gasteiger partial charge in [-0.05, 0) is 91.4 Å². The van der Waals surface area contributed by atoms with Gasteiger partial charge in [0.15, 0.2) is 0 Å². The van der Waals surface area contributed by atoms with Crippen LogP contribution in [-0.2, 0) is 22.6 Å². The summed E-state index contributed by atoms with van der Waals surface area (Å²) in [5.74, 6) is -0.212. The fourth-order valence-electron chi connectivity index (χ4n) is 5.03. The van der Waals surface area contributed by atoms with Crippen molar-refractivity contribution in [1.29, 1.82) is 0 Å². The molecule has 0 spiro atoms. The highest BCUT2D eigenvalue weighted by Gasteiger charge is 2.18. The highest BCUT2D eigenvalue weighted by molar-refractivity contribution is 5.99. The fraction of sp³-hybridized carbons (Fsp3) is 0.257. The van der Waals surface area contributed by atoms with Gasteiger partial charge in [0.1, 0.15) is 17.9 Å². The van der Waals surface area contributed by atoms with E-state index in [1.165, 1.54) is 11.0 Å². The topological polar surface area (TPSA) is 121 Å². The minimum absolute atomic E-state index is 0.0529. The molecule has 9 heteroatoms. The zero-order valence-electron chi connectivity index (χ0n) is 25.7. The molecular weight excluding hydrogens is 556 g/mol. The first-order valence-corrected chi connectivity index (χ1v) is 14.4. The van der Waals surface area contributed by atoms with E-state index >= 15 is 0 Å². The summed E-state index contributed by atoms with van der Waals surface area (Å²) in [6, 6.07) is 18.4. The second kappa shape index (κ2) is 14.4. The van der Waals surface area contributed by atoms with Crippen molar-refractivity contribution in [3.05, 3.63) is 106 Å². The van der Waals surface area contributed by atoms with Crippen LogP contribution in [0.25, 0.3) is 17.0 Å². The number of hydrogen-bond donors (Lipinski definition) is 3. The van der Waals surface area contributed by atoms with Crippen molar-refractivity contribution in [2.24, 2.45) is 0 Å². The molecule has 9 nitrogen and oxygen atoms in total. The summed E-state index contributed by atoms with van der Waals surface area (Å²) >= 11 is 0. The number of fused-ring (bicyclic) bond motifs is 1. The van der Waals surface area contributed by atoms with Crippen LogP contribution >= 0.6 is 0 Å². The third-order valence-electron chi connectivity index (χ3n) is 7.55. The monoisotopic (exact) mass is 594 g/mol. The fourth-order valence-corrected chi connectivity index (χ4v) is 5.03. The maximum atomic E-state index is 13.0. The van der Waals surface area contributed by atoms with Crippen LogP contribution in [-0.4, -0.2) is 55.1 Å². The van der Waals surface area contributed by atoms with E-state index in [1.807, 2.05) is 57.2 Å². The Bertz CT molecular complexity index is 1710. The molecule has 0 saturated heterocycles. The van der Waals surface area contributed by atoms with Crippen LogP contribution in [0, 0.1) is 20.8 Å². The summed E-state index contributed by atoms with van der Waals surface area (Å²) in [7, 11) is 3.25. The Morgan fingerprint density at radius 2 is 1.77 bits per heavy atom. The number of nitrogens with one attached hydrogen (secondary N) is 2. The first-order chi connectivity index (χ1) is 21.1. The van der Waals surface area contributed by atoms with Crippen LogP contribution in [0.2, 0.25) is 0 Å². The third kappa shape index (κ3) is 7.48. The minimum Gasteiger partial charge on any atom is -0.487 e. The van der Waals surface area contributed by atoms with Gasteiger partial charge in [0, 0.05) is 49.1 Å². The molecule has 228 valence electrons. The molecule has 0 fully saturated rings. The Morgan fingerprint density at radius 3 is 2.48 bits per heavy atom. The lowest BCUT2D eigenvalue weighted by molar-refractivity contribution is -0.122. The van der Waals surface area contributed by atoms with Crippen LogP contribution in [0.3, 0.4) is 0 Å². The van der Waals surface area contributed by atoms with Gasteiger partial charge in [-0.25, -0.2) is 4.98 Å². The maximum Gasteiger partial charge on any atom is 0.251 e. The summed E-state index contributed by atoms with van der Waals surface area (Å²) in [6.45, 7) is 6.04. The van der Waals surface area contributed by atoms with Crippen LogP contribution in [0.15, 0.2) is 66.7 Å². The lowest BCUT2D eigenvalue weighted by Crippen LogP contribution is -2.38. The molecule has 4 aromatic rings. The van der Waals surface area contributed by atoms with Gasteiger partial charge in [-0.15, -0.1) is 0 Å². The van der Waals surface area contributed by atoms with Crippen LogP contribution in [0.5, 0.6) is 5.75 Å². The SMILES string of the molecule is CNC(=O)c1ccc(C=CC(=O)NCC(=O)N(C)c2ccc(C)c(COc3cccc4c(CCO)cc(C)nc34)c2C)cc1. The van der Waals surface area contributed by atoms with E-state index in [2.05, 4.69) is 10.6 Å². The van der Waals surface area contributed by atoms with Crippen LogP contribution in [0.1, 0.15) is 43.9 Å². The number of amides is 3. The molecule has 3 aromatic carbocycles. The molecule has 44 heavy (non-hydrogen) atoms. The Hall–Kier alpha value is -5.02. The van der Waals surface area contributed by atoms with Crippen molar-refractivity contribution in [2.45, 2.75) is 33.8 Å². The van der Waals surface area contributed by atoms with Crippen molar-refractivity contribution < 1.29 is 24.2 Å². The largest absolute Gasteiger partial charge is 0.487 e. The number of aliphatic hydroxyl groups excluding tert-OH is 1. The van der Waals surface area contributed by atoms with E-state index < -0.39 is 5.91 Å². The van der Waals surface area contributed by atoms with E-state index in [0.29, 0.717) is 17.7 Å². The smallest absolute Gasteiger partial charge is 0.251 e. The molecule has 1 aromatic heterocycles. The number of nitrogens with zero attached hydrogens (tertiary/aromatic N) is 2. The van der Waals surface area contributed by atoms with E-state index in [1.54, 1.807) is 44.4 Å². The molecule has 0 aliphatic rings. The molecule has 0 saturated carbocycles. The maximum absolute atomic E-state index is 13.0. The zero-order chi connectivity index (χ0) is 31.8. The minimum atomic E-state index is -0.405. The van der Waals surface area contributed by atoms with E-state index in [0.717, 1.165) is 50.1 Å². The number of benzene rings is 3. The number of carbonyl (C=O) groups is 3. The second-order valence-electron chi connectivity index (χ2n) is 10.5. The second-order valence-corrected chi connectivity index (χ2v) is 10.5. The number of aliphatic hydroxyl groups is 1. The van der Waals surface area contributed by atoms with Crippen molar-refractivity contribution in [2.75, 3.05) is 32.1 Å². The normalized spacial score (nSPS) is 11.0. The number of likely N-dealkylation sites (N-methyl/N-ethyl adjacent to an activating group) is 1. The Morgan fingerprint density at radius 1 is 1.02 bits per heavy atom. The quantitative estimate of drug-likeness (QED) is 0.221. The van der Waals surface area contributed by atoms with Crippen LogP contribution in [0.4, 0.5) is 5.69 Å². The Balaban J connectivity index is 1.42. The van der Waals surface area contributed by atoms with Gasteiger partial charge in [-0.2, -0.15) is 0 Å². The zero-order valence-corrected chi connectivity index (χ0v) is 25.7. The summed E-state index contributed by atoms with van der Waals surface area (Å²) in [5, 5.41) is 15.7. The molecule has 0 unspecified atom stereocenters. The first-order valence-electron chi connectivity index (χ1n) is 14.4. The number of para-hydroxylation sites is 1. The molecule has 1 heterocycles. The lowest BCUT2D eigenvalue weighted by atomic mass is 10.0. The van der Waals surface area contributed by atoms with Gasteiger partial charge in [-0.3, -0.25) is 14.4 Å². The number of anilines is 1. The predicted molar refractivity (Wildman–Crippen MR) is 173 cm³/mol. The number of pyridine rings is 1. The molecule has 0 aliphatic carbocycles. The van der Waals surface area contributed by atoms with Gasteiger partial charge in [0.2, 0.25) is 11.8 Å². The summed E-state index contributed by atoms with van der Waals surface area (Å²) in [6.07, 6.45) is 3.51. The molecule has 4 rings (SSSR count). The highest BCUT2D eigenvalue weighted by atomic mass is 16.5. The average Bonchev–Trinajstić information content (AvgIpc) is 3.02. The summed E-state index contributed by atoms with van der Waals surface area (Å²) < 4.78 is 6.30. The standard InChI is InChI=1S/C35H38N4O5/c1-22-9-15-30(39(5)33(42)20-37-32(41)16-12-25-10-13-26(14-11-25)35(43)36-4)24(3)29(22)21-44-31-8-6-7-28-27(17-18-40)19-23(2)38-34(28)31/h6-16,19,40H,17-18,20-21H2,1-5H3,(H,36,43)(H,37,41). The summed E-state index contributed by atoms with van der Waals surface area (Å²) in [4.78, 5) is 43.4. The van der Waals surface area contributed by atoms with Gasteiger partial charge in [-0.1, -0.05) is 30.3 Å². The van der Waals surface area contributed by atoms with E-state index in [4.69, 9.17) is 9.72 Å². The molecule has 0 radical (unpaired) electrons. The van der Waals surface area contributed by atoms with Crippen molar-refractivity contribution in [1.82, 2.24) is 15.6 Å². The Labute approximate surface area is 257 Å². The molecule has 0 aliphatic heterocycles. The first kappa shape index (κ1) is 31.9. The Kier molecular flexibility index (Phi) is 10.5. The number of carbonyl (C=O) groups excluding carboxylic acids is 3. The third-order valence-corrected chi connectivity index (χ3v) is 7.55. The number of ether oxygens (including phenoxy) is 1. The van der Waals surface area contributed by atoms with Crippen molar-refractivity contribution in [3.63, 3.8) is 0 Å². The molecule has 0 atom stereocenters. The predicted octanol–water partition coefficient (Wildman–Crippen LogP) is 4.43. The molecule has 3 N–H and O–H groups in total. The van der Waals surface area contributed by atoms with Crippen molar-refractivity contribution in [3.8, 4) is 5.75 Å². The number of rotatable bonds is 11. The molecule has 3 amide bonds. The highest BCUT2D eigenvalue weighted by Crippen LogP contribution is 2.30. The van der Waals surface area contributed by atoms with Crippen molar-refractivity contribution >= 4 is 40.4 Å². The molecular formula is C35H38N4O5. The van der Waals surface area contributed by atoms with E-state index in [-0.39, 0.29) is 31.6 Å². The number of aryl methyl sites for hydroxylation is 2. The number of aromatic nitrogens is 1. The van der Waals surface area contributed by atoms with Gasteiger partial charge >= 0.3 is 0 Å². The lowest BCUT2D eigenvalue weighted by Gasteiger charge is -2.23. The molecule has 0 bridgehead atoms. The summed E-state index contributed by atoms with van der Waals surface area (Å²) in [5.41, 5.74) is 7.50. The average molecular weight is 595 g/mol. The van der Waals surface area contributed by atoms with Gasteiger partial charge < -0.3 is 25.4 Å². The van der Waals surface area contributed by atoms with Crippen LogP contribution < -0.4 is 20.3 Å². The van der Waals surface area contributed by atoms with Gasteiger partial charge in [0.05, 0.1) is 6.54 Å². The van der Waals surface area contributed by atoms with E-state index in [9.17, 15) is 19.5 Å². The number of hydrogen-bond acceptors (Lipinski definition) is 6. The van der Waals surface area contributed by atoms with Gasteiger partial charge in [0.25, 0.3) is 5.91 Å².